The molecule has 0 bridgehead atoms. The lowest BCUT2D eigenvalue weighted by atomic mass is 9.98. The van der Waals surface area contributed by atoms with Crippen LogP contribution in [0.15, 0.2) is 78.9 Å². The maximum absolute atomic E-state index is 11.6. The minimum Gasteiger partial charge on any atom is -0.492 e. The van der Waals surface area contributed by atoms with E-state index in [1.54, 1.807) is 6.08 Å². The van der Waals surface area contributed by atoms with Crippen LogP contribution in [-0.2, 0) is 16.0 Å². The van der Waals surface area contributed by atoms with Gasteiger partial charge >= 0.3 is 5.97 Å². The highest BCUT2D eigenvalue weighted by atomic mass is 32.1. The summed E-state index contributed by atoms with van der Waals surface area (Å²) in [5, 5.41) is 1.31. The summed E-state index contributed by atoms with van der Waals surface area (Å²) in [6, 6.07) is 25.6. The molecule has 1 saturated heterocycles. The molecular formula is C32H33NO3S. The van der Waals surface area contributed by atoms with Gasteiger partial charge in [0.1, 0.15) is 12.4 Å². The maximum atomic E-state index is 11.6. The minimum absolute atomic E-state index is 0.318. The Morgan fingerprint density at radius 3 is 2.49 bits per heavy atom. The highest BCUT2D eigenvalue weighted by Gasteiger charge is 2.15. The number of hydrogen-bond donors (Lipinski definition) is 0. The van der Waals surface area contributed by atoms with Crippen molar-refractivity contribution in [1.82, 2.24) is 4.90 Å². The van der Waals surface area contributed by atoms with E-state index in [1.807, 2.05) is 30.4 Å². The van der Waals surface area contributed by atoms with E-state index >= 15 is 0 Å². The summed E-state index contributed by atoms with van der Waals surface area (Å²) in [6.45, 7) is 6.33. The Labute approximate surface area is 223 Å². The smallest absolute Gasteiger partial charge is 0.330 e. The van der Waals surface area contributed by atoms with Crippen molar-refractivity contribution < 1.29 is 14.3 Å². The van der Waals surface area contributed by atoms with Gasteiger partial charge in [-0.15, -0.1) is 11.3 Å². The number of rotatable bonds is 10. The first-order valence-corrected chi connectivity index (χ1v) is 13.9. The van der Waals surface area contributed by atoms with Crippen LogP contribution in [0, 0.1) is 0 Å². The number of fused-ring (bicyclic) bond motifs is 1. The molecule has 4 aromatic rings. The van der Waals surface area contributed by atoms with E-state index in [0.29, 0.717) is 6.61 Å². The molecule has 1 aliphatic rings. The van der Waals surface area contributed by atoms with Crippen molar-refractivity contribution in [3.63, 3.8) is 0 Å². The third-order valence-corrected chi connectivity index (χ3v) is 8.01. The van der Waals surface area contributed by atoms with E-state index in [2.05, 4.69) is 65.6 Å². The lowest BCUT2D eigenvalue weighted by Crippen LogP contribution is -2.25. The van der Waals surface area contributed by atoms with Crippen LogP contribution in [0.3, 0.4) is 0 Å². The molecule has 4 nitrogen and oxygen atoms in total. The van der Waals surface area contributed by atoms with Crippen LogP contribution in [0.4, 0.5) is 0 Å². The van der Waals surface area contributed by atoms with Gasteiger partial charge in [-0.25, -0.2) is 4.79 Å². The molecule has 5 heteroatoms. The Morgan fingerprint density at radius 2 is 1.73 bits per heavy atom. The molecule has 3 aromatic carbocycles. The maximum Gasteiger partial charge on any atom is 0.330 e. The second-order valence-corrected chi connectivity index (χ2v) is 10.4. The van der Waals surface area contributed by atoms with E-state index in [9.17, 15) is 4.79 Å². The first-order valence-electron chi connectivity index (χ1n) is 13.1. The zero-order chi connectivity index (χ0) is 25.5. The Morgan fingerprint density at radius 1 is 0.973 bits per heavy atom. The summed E-state index contributed by atoms with van der Waals surface area (Å²) < 4.78 is 12.3. The standard InChI is InChI=1S/C32H33NO3S/c1-2-35-31(34)18-13-24-9-14-26(15-10-24)32-29(28-7-3-4-8-30(28)37-32)23-25-11-16-27(17-12-25)36-22-21-33-19-5-6-20-33/h3-4,7-18H,2,5-6,19-23H2,1H3. The summed E-state index contributed by atoms with van der Waals surface area (Å²) in [7, 11) is 0. The van der Waals surface area contributed by atoms with Crippen molar-refractivity contribution in [3.05, 3.63) is 95.6 Å². The lowest BCUT2D eigenvalue weighted by Gasteiger charge is -2.15. The normalized spacial score (nSPS) is 14.0. The molecule has 1 aliphatic heterocycles. The summed E-state index contributed by atoms with van der Waals surface area (Å²) in [6.07, 6.45) is 6.75. The predicted octanol–water partition coefficient (Wildman–Crippen LogP) is 7.21. The van der Waals surface area contributed by atoms with Crippen molar-refractivity contribution in [2.75, 3.05) is 32.8 Å². The summed E-state index contributed by atoms with van der Waals surface area (Å²) >= 11 is 1.83. The quantitative estimate of drug-likeness (QED) is 0.167. The molecule has 0 N–H and O–H groups in total. The largest absolute Gasteiger partial charge is 0.492 e. The molecule has 5 rings (SSSR count). The first kappa shape index (κ1) is 25.2. The molecule has 37 heavy (non-hydrogen) atoms. The SMILES string of the molecule is CCOC(=O)C=Cc1ccc(-c2sc3ccccc3c2Cc2ccc(OCCN3CCCC3)cc2)cc1. The van der Waals surface area contributed by atoms with Gasteiger partial charge in [0.05, 0.1) is 6.61 Å². The zero-order valence-electron chi connectivity index (χ0n) is 21.3. The van der Waals surface area contributed by atoms with Gasteiger partial charge in [-0.05, 0) is 91.2 Å². The molecule has 0 unspecified atom stereocenters. The molecule has 0 atom stereocenters. The highest BCUT2D eigenvalue weighted by Crippen LogP contribution is 2.40. The fourth-order valence-corrected chi connectivity index (χ4v) is 6.04. The van der Waals surface area contributed by atoms with Gasteiger partial charge in [-0.2, -0.15) is 0 Å². The number of carbonyl (C=O) groups is 1. The van der Waals surface area contributed by atoms with Crippen molar-refractivity contribution in [3.8, 4) is 16.2 Å². The molecule has 0 aliphatic carbocycles. The van der Waals surface area contributed by atoms with Crippen LogP contribution in [-0.4, -0.2) is 43.7 Å². The number of carbonyl (C=O) groups excluding carboxylic acids is 1. The van der Waals surface area contributed by atoms with E-state index in [0.717, 1.165) is 30.9 Å². The Hall–Kier alpha value is -3.41. The molecule has 1 aromatic heterocycles. The van der Waals surface area contributed by atoms with Crippen LogP contribution < -0.4 is 4.74 Å². The number of thiophene rings is 1. The summed E-state index contributed by atoms with van der Waals surface area (Å²) in [4.78, 5) is 15.4. The monoisotopic (exact) mass is 511 g/mol. The average molecular weight is 512 g/mol. The fourth-order valence-electron chi connectivity index (χ4n) is 4.81. The van der Waals surface area contributed by atoms with E-state index in [1.165, 1.54) is 63.7 Å². The Kier molecular flexibility index (Phi) is 8.34. The number of nitrogens with zero attached hydrogens (tertiary/aromatic N) is 1. The van der Waals surface area contributed by atoms with Crippen LogP contribution in [0.25, 0.3) is 26.6 Å². The molecule has 190 valence electrons. The zero-order valence-corrected chi connectivity index (χ0v) is 22.1. The van der Waals surface area contributed by atoms with Gasteiger partial charge in [0.25, 0.3) is 0 Å². The lowest BCUT2D eigenvalue weighted by molar-refractivity contribution is -0.137. The van der Waals surface area contributed by atoms with E-state index < -0.39 is 0 Å². The summed E-state index contributed by atoms with van der Waals surface area (Å²) in [5.74, 6) is 0.617. The third-order valence-electron chi connectivity index (χ3n) is 6.75. The first-order chi connectivity index (χ1) is 18.2. The number of esters is 1. The number of benzene rings is 3. The molecule has 0 amide bonds. The molecule has 0 spiro atoms. The van der Waals surface area contributed by atoms with E-state index in [-0.39, 0.29) is 5.97 Å². The Bertz CT molecular complexity index is 1350. The molecule has 1 fully saturated rings. The van der Waals surface area contributed by atoms with Crippen LogP contribution >= 0.6 is 11.3 Å². The molecular weight excluding hydrogens is 478 g/mol. The van der Waals surface area contributed by atoms with Crippen LogP contribution in [0.5, 0.6) is 5.75 Å². The topological polar surface area (TPSA) is 38.8 Å². The van der Waals surface area contributed by atoms with Gasteiger partial charge in [-0.3, -0.25) is 4.90 Å². The number of likely N-dealkylation sites (tertiary alicyclic amines) is 1. The average Bonchev–Trinajstić information content (AvgIpc) is 3.57. The molecule has 2 heterocycles. The van der Waals surface area contributed by atoms with Gasteiger partial charge in [0.15, 0.2) is 0 Å². The second-order valence-electron chi connectivity index (χ2n) is 9.33. The highest BCUT2D eigenvalue weighted by molar-refractivity contribution is 7.22. The van der Waals surface area contributed by atoms with Gasteiger partial charge in [-0.1, -0.05) is 54.6 Å². The second kappa shape index (κ2) is 12.2. The van der Waals surface area contributed by atoms with Crippen molar-refractivity contribution >= 4 is 33.5 Å². The van der Waals surface area contributed by atoms with E-state index in [4.69, 9.17) is 9.47 Å². The van der Waals surface area contributed by atoms with Crippen molar-refractivity contribution in [1.29, 1.82) is 0 Å². The molecule has 0 radical (unpaired) electrons. The van der Waals surface area contributed by atoms with Crippen LogP contribution in [0.1, 0.15) is 36.5 Å². The summed E-state index contributed by atoms with van der Waals surface area (Å²) in [5.41, 5.74) is 4.77. The Balaban J connectivity index is 1.32. The van der Waals surface area contributed by atoms with Crippen molar-refractivity contribution in [2.24, 2.45) is 0 Å². The minimum atomic E-state index is -0.318. The van der Waals surface area contributed by atoms with Crippen LogP contribution in [0.2, 0.25) is 0 Å². The number of hydrogen-bond acceptors (Lipinski definition) is 5. The number of ether oxygens (including phenoxy) is 2. The molecule has 0 saturated carbocycles. The van der Waals surface area contributed by atoms with Gasteiger partial charge < -0.3 is 9.47 Å². The predicted molar refractivity (Wildman–Crippen MR) is 153 cm³/mol. The third kappa shape index (κ3) is 6.48. The van der Waals surface area contributed by atoms with Crippen molar-refractivity contribution in [2.45, 2.75) is 26.2 Å². The van der Waals surface area contributed by atoms with Gasteiger partial charge in [0.2, 0.25) is 0 Å². The van der Waals surface area contributed by atoms with Gasteiger partial charge in [0, 0.05) is 22.2 Å². The fraction of sp³-hybridized carbons (Fsp3) is 0.281.